The van der Waals surface area contributed by atoms with Gasteiger partial charge in [0, 0.05) is 11.6 Å². The van der Waals surface area contributed by atoms with E-state index in [1.165, 1.54) is 31.0 Å². The molecule has 1 saturated carbocycles. The van der Waals surface area contributed by atoms with E-state index >= 15 is 0 Å². The quantitative estimate of drug-likeness (QED) is 0.812. The predicted octanol–water partition coefficient (Wildman–Crippen LogP) is 2.90. The van der Waals surface area contributed by atoms with Gasteiger partial charge in [0.15, 0.2) is 0 Å². The first-order valence-corrected chi connectivity index (χ1v) is 5.81. The Morgan fingerprint density at radius 3 is 2.44 bits per heavy atom. The standard InChI is InChI=1S/C13H17F2N/c1-16-10(7-9-5-6-9)8-11-12(14)3-2-4-13(11)15/h2-4,9-10,16H,5-8H2,1H3. The molecule has 0 spiro atoms. The maximum Gasteiger partial charge on any atom is 0.129 e. The lowest BCUT2D eigenvalue weighted by molar-refractivity contribution is 0.464. The second-order valence-corrected chi connectivity index (χ2v) is 4.57. The zero-order valence-corrected chi connectivity index (χ0v) is 9.47. The number of likely N-dealkylation sites (N-methyl/N-ethyl adjacent to an activating group) is 1. The van der Waals surface area contributed by atoms with Crippen LogP contribution in [0.1, 0.15) is 24.8 Å². The van der Waals surface area contributed by atoms with Gasteiger partial charge in [-0.2, -0.15) is 0 Å². The first-order chi connectivity index (χ1) is 7.70. The van der Waals surface area contributed by atoms with Crippen molar-refractivity contribution in [3.05, 3.63) is 35.4 Å². The molecule has 0 saturated heterocycles. The van der Waals surface area contributed by atoms with Gasteiger partial charge in [-0.3, -0.25) is 0 Å². The average molecular weight is 225 g/mol. The van der Waals surface area contributed by atoms with Crippen molar-refractivity contribution in [1.82, 2.24) is 5.32 Å². The van der Waals surface area contributed by atoms with Gasteiger partial charge in [-0.1, -0.05) is 18.9 Å². The first-order valence-electron chi connectivity index (χ1n) is 5.81. The van der Waals surface area contributed by atoms with Crippen LogP contribution in [0.4, 0.5) is 8.78 Å². The van der Waals surface area contributed by atoms with Crippen LogP contribution in [0, 0.1) is 17.6 Å². The molecule has 0 aliphatic heterocycles. The van der Waals surface area contributed by atoms with Crippen molar-refractivity contribution < 1.29 is 8.78 Å². The summed E-state index contributed by atoms with van der Waals surface area (Å²) < 4.78 is 26.9. The fraction of sp³-hybridized carbons (Fsp3) is 0.538. The smallest absolute Gasteiger partial charge is 0.129 e. The van der Waals surface area contributed by atoms with Crippen molar-refractivity contribution in [3.8, 4) is 0 Å². The predicted molar refractivity (Wildman–Crippen MR) is 60.3 cm³/mol. The van der Waals surface area contributed by atoms with E-state index in [4.69, 9.17) is 0 Å². The van der Waals surface area contributed by atoms with Gasteiger partial charge in [-0.05, 0) is 37.9 Å². The second kappa shape index (κ2) is 4.91. The fourth-order valence-corrected chi connectivity index (χ4v) is 2.03. The SMILES string of the molecule is CNC(Cc1c(F)cccc1F)CC1CC1. The number of benzene rings is 1. The highest BCUT2D eigenvalue weighted by Crippen LogP contribution is 2.34. The van der Waals surface area contributed by atoms with Crippen molar-refractivity contribution in [2.45, 2.75) is 31.7 Å². The zero-order valence-electron chi connectivity index (χ0n) is 9.47. The molecule has 1 aliphatic carbocycles. The molecule has 1 aromatic carbocycles. The lowest BCUT2D eigenvalue weighted by atomic mass is 10.0. The molecular formula is C13H17F2N. The van der Waals surface area contributed by atoms with Crippen molar-refractivity contribution in [2.24, 2.45) is 5.92 Å². The van der Waals surface area contributed by atoms with Crippen molar-refractivity contribution in [1.29, 1.82) is 0 Å². The van der Waals surface area contributed by atoms with E-state index in [0.717, 1.165) is 12.3 Å². The summed E-state index contributed by atoms with van der Waals surface area (Å²) in [6.45, 7) is 0. The maximum atomic E-state index is 13.4. The Hall–Kier alpha value is -0.960. The average Bonchev–Trinajstić information content (AvgIpc) is 3.06. The van der Waals surface area contributed by atoms with Gasteiger partial charge in [-0.25, -0.2) is 8.78 Å². The van der Waals surface area contributed by atoms with Crippen molar-refractivity contribution in [3.63, 3.8) is 0 Å². The molecule has 1 N–H and O–H groups in total. The van der Waals surface area contributed by atoms with Gasteiger partial charge in [0.05, 0.1) is 0 Å². The van der Waals surface area contributed by atoms with E-state index in [2.05, 4.69) is 5.32 Å². The Morgan fingerprint density at radius 2 is 1.94 bits per heavy atom. The van der Waals surface area contributed by atoms with Crippen molar-refractivity contribution >= 4 is 0 Å². The Kier molecular flexibility index (Phi) is 3.54. The number of hydrogen-bond acceptors (Lipinski definition) is 1. The Morgan fingerprint density at radius 1 is 1.31 bits per heavy atom. The van der Waals surface area contributed by atoms with Gasteiger partial charge in [0.1, 0.15) is 11.6 Å². The number of rotatable bonds is 5. The summed E-state index contributed by atoms with van der Waals surface area (Å²) in [6.07, 6.45) is 3.98. The molecular weight excluding hydrogens is 208 g/mol. The molecule has 2 rings (SSSR count). The Balaban J connectivity index is 2.05. The van der Waals surface area contributed by atoms with E-state index in [1.54, 1.807) is 0 Å². The first kappa shape index (κ1) is 11.5. The van der Waals surface area contributed by atoms with Crippen LogP contribution in [0.2, 0.25) is 0 Å². The van der Waals surface area contributed by atoms with Gasteiger partial charge < -0.3 is 5.32 Å². The molecule has 1 unspecified atom stereocenters. The van der Waals surface area contributed by atoms with Crippen molar-refractivity contribution in [2.75, 3.05) is 7.05 Å². The summed E-state index contributed by atoms with van der Waals surface area (Å²) in [6, 6.07) is 4.23. The second-order valence-electron chi connectivity index (χ2n) is 4.57. The van der Waals surface area contributed by atoms with Crippen LogP contribution in [0.25, 0.3) is 0 Å². The third kappa shape index (κ3) is 2.79. The lowest BCUT2D eigenvalue weighted by Gasteiger charge is -2.16. The molecule has 1 fully saturated rings. The zero-order chi connectivity index (χ0) is 11.5. The van der Waals surface area contributed by atoms with Gasteiger partial charge in [-0.15, -0.1) is 0 Å². The molecule has 1 atom stereocenters. The van der Waals surface area contributed by atoms with E-state index in [-0.39, 0.29) is 11.6 Å². The van der Waals surface area contributed by atoms with Crippen LogP contribution >= 0.6 is 0 Å². The number of hydrogen-bond donors (Lipinski definition) is 1. The van der Waals surface area contributed by atoms with Crippen LogP contribution < -0.4 is 5.32 Å². The molecule has 0 heterocycles. The molecule has 16 heavy (non-hydrogen) atoms. The van der Waals surface area contributed by atoms with E-state index in [9.17, 15) is 8.78 Å². The van der Waals surface area contributed by atoms with Gasteiger partial charge in [0.25, 0.3) is 0 Å². The highest BCUT2D eigenvalue weighted by molar-refractivity contribution is 5.20. The minimum Gasteiger partial charge on any atom is -0.317 e. The number of halogens is 2. The lowest BCUT2D eigenvalue weighted by Crippen LogP contribution is -2.28. The summed E-state index contributed by atoms with van der Waals surface area (Å²) in [5, 5.41) is 3.14. The summed E-state index contributed by atoms with van der Waals surface area (Å²) >= 11 is 0. The summed E-state index contributed by atoms with van der Waals surface area (Å²) in [5.41, 5.74) is 0.211. The topological polar surface area (TPSA) is 12.0 Å². The molecule has 3 heteroatoms. The largest absolute Gasteiger partial charge is 0.317 e. The molecule has 1 nitrogen and oxygen atoms in total. The molecule has 0 aromatic heterocycles. The Bertz CT molecular complexity index is 341. The van der Waals surface area contributed by atoms with Gasteiger partial charge in [0.2, 0.25) is 0 Å². The van der Waals surface area contributed by atoms with E-state index in [0.29, 0.717) is 6.42 Å². The van der Waals surface area contributed by atoms with E-state index < -0.39 is 11.6 Å². The maximum absolute atomic E-state index is 13.4. The van der Waals surface area contributed by atoms with Crippen LogP contribution in [0.15, 0.2) is 18.2 Å². The summed E-state index contributed by atoms with van der Waals surface area (Å²) in [5.74, 6) is -0.112. The van der Waals surface area contributed by atoms with Gasteiger partial charge >= 0.3 is 0 Å². The fourth-order valence-electron chi connectivity index (χ4n) is 2.03. The molecule has 0 bridgehead atoms. The normalized spacial score (nSPS) is 17.4. The number of nitrogens with one attached hydrogen (secondary N) is 1. The Labute approximate surface area is 94.9 Å². The highest BCUT2D eigenvalue weighted by Gasteiger charge is 2.25. The summed E-state index contributed by atoms with van der Waals surface area (Å²) in [7, 11) is 1.85. The molecule has 0 amide bonds. The van der Waals surface area contributed by atoms with Crippen LogP contribution in [0.5, 0.6) is 0 Å². The highest BCUT2D eigenvalue weighted by atomic mass is 19.1. The molecule has 88 valence electrons. The molecule has 0 radical (unpaired) electrons. The minimum atomic E-state index is -0.434. The van der Waals surface area contributed by atoms with Crippen LogP contribution in [-0.4, -0.2) is 13.1 Å². The van der Waals surface area contributed by atoms with Crippen LogP contribution in [0.3, 0.4) is 0 Å². The van der Waals surface area contributed by atoms with Crippen LogP contribution in [-0.2, 0) is 6.42 Å². The summed E-state index contributed by atoms with van der Waals surface area (Å²) in [4.78, 5) is 0. The third-order valence-corrected chi connectivity index (χ3v) is 3.24. The molecule has 1 aromatic rings. The molecule has 1 aliphatic rings. The third-order valence-electron chi connectivity index (χ3n) is 3.24. The minimum absolute atomic E-state index is 0.180. The monoisotopic (exact) mass is 225 g/mol. The van der Waals surface area contributed by atoms with E-state index in [1.807, 2.05) is 7.05 Å².